The molecule has 3 aliphatic heterocycles. The van der Waals surface area contributed by atoms with Gasteiger partial charge in [0.15, 0.2) is 12.4 Å². The third-order valence-corrected chi connectivity index (χ3v) is 10.4. The molecule has 46 heavy (non-hydrogen) atoms. The molecule has 0 aromatic heterocycles. The van der Waals surface area contributed by atoms with Gasteiger partial charge in [0.05, 0.1) is 37.7 Å². The fraction of sp³-hybridized carbons (Fsp3) is 0.559. The van der Waals surface area contributed by atoms with Crippen LogP contribution in [0.3, 0.4) is 0 Å². The quantitative estimate of drug-likeness (QED) is 0.333. The van der Waals surface area contributed by atoms with Crippen LogP contribution in [0.2, 0.25) is 0 Å². The van der Waals surface area contributed by atoms with E-state index in [1.807, 2.05) is 65.0 Å². The molecule has 3 aliphatic rings. The minimum absolute atomic E-state index is 0.0616. The summed E-state index contributed by atoms with van der Waals surface area (Å²) in [5.74, 6) is -0.105. The number of thioether (sulfide) groups is 1. The van der Waals surface area contributed by atoms with Gasteiger partial charge in [-0.3, -0.25) is 9.59 Å². The molecule has 3 heterocycles. The van der Waals surface area contributed by atoms with E-state index in [2.05, 4.69) is 10.6 Å². The monoisotopic (exact) mass is 655 g/mol. The Hall–Kier alpha value is -3.32. The number of carbonyl (C=O) groups is 3. The van der Waals surface area contributed by atoms with E-state index in [-0.39, 0.29) is 30.7 Å². The number of carbonyl (C=O) groups excluding carboxylic acids is 3. The Labute approximate surface area is 274 Å². The molecule has 6 atom stereocenters. The summed E-state index contributed by atoms with van der Waals surface area (Å²) in [5.41, 5.74) is 3.93. The van der Waals surface area contributed by atoms with Crippen LogP contribution >= 0.6 is 11.8 Å². The summed E-state index contributed by atoms with van der Waals surface area (Å²) in [7, 11) is 0. The third-order valence-electron chi connectivity index (χ3n) is 9.03. The molecule has 0 bridgehead atoms. The van der Waals surface area contributed by atoms with Gasteiger partial charge in [0.1, 0.15) is 17.9 Å². The first-order chi connectivity index (χ1) is 22.0. The highest BCUT2D eigenvalue weighted by Crippen LogP contribution is 2.40. The van der Waals surface area contributed by atoms with Crippen LogP contribution < -0.4 is 15.4 Å². The number of rotatable bonds is 11. The highest BCUT2D eigenvalue weighted by atomic mass is 32.2. The Morgan fingerprint density at radius 1 is 1.11 bits per heavy atom. The van der Waals surface area contributed by atoms with Gasteiger partial charge in [-0.25, -0.2) is 4.79 Å². The van der Waals surface area contributed by atoms with Crippen LogP contribution in [0, 0.1) is 19.8 Å². The number of nitrogens with one attached hydrogen (secondary N) is 2. The molecule has 3 N–H and O–H groups in total. The second-order valence-electron chi connectivity index (χ2n) is 12.6. The van der Waals surface area contributed by atoms with Crippen molar-refractivity contribution in [3.63, 3.8) is 0 Å². The highest BCUT2D eigenvalue weighted by molar-refractivity contribution is 8.00. The van der Waals surface area contributed by atoms with Gasteiger partial charge < -0.3 is 39.6 Å². The predicted octanol–water partition coefficient (Wildman–Crippen LogP) is 3.46. The molecule has 3 fully saturated rings. The smallest absolute Gasteiger partial charge is 0.407 e. The van der Waals surface area contributed by atoms with Crippen molar-refractivity contribution in [2.75, 3.05) is 25.7 Å². The summed E-state index contributed by atoms with van der Waals surface area (Å²) >= 11 is 1.47. The molecule has 0 aliphatic carbocycles. The zero-order chi connectivity index (χ0) is 33.0. The summed E-state index contributed by atoms with van der Waals surface area (Å²) in [6, 6.07) is 11.3. The minimum Gasteiger partial charge on any atom is -0.494 e. The van der Waals surface area contributed by atoms with Crippen molar-refractivity contribution in [3.8, 4) is 5.75 Å². The fourth-order valence-electron chi connectivity index (χ4n) is 6.41. The fourth-order valence-corrected chi connectivity index (χ4v) is 7.55. The number of aryl methyl sites for hydroxylation is 2. The highest BCUT2D eigenvalue weighted by Gasteiger charge is 2.50. The van der Waals surface area contributed by atoms with E-state index < -0.39 is 47.3 Å². The Bertz CT molecular complexity index is 1380. The summed E-state index contributed by atoms with van der Waals surface area (Å²) in [6.45, 7) is 11.3. The number of alkyl carbamates (subject to hydrolysis) is 1. The molecule has 3 saturated heterocycles. The lowest BCUT2D eigenvalue weighted by molar-refractivity contribution is -0.147. The van der Waals surface area contributed by atoms with E-state index >= 15 is 0 Å². The van der Waals surface area contributed by atoms with Crippen LogP contribution in [0.5, 0.6) is 5.75 Å². The number of aliphatic hydroxyl groups excluding tert-OH is 1. The average Bonchev–Trinajstić information content (AvgIpc) is 3.72. The standard InChI is InChI=1S/C34H45N3O8S/c1-6-42-23-12-10-22(11-13-23)16-26(36-33(41)45-27-18-44-32-24(27)14-15-43-32)28(38)31(40)37-19-46-34(4,5)29(37)30(39)35-17-25-20(2)8-7-9-21(25)3/h7-13,24,26-29,32,38H,6,14-19H2,1-5H3,(H,35,39)(H,36,41)/t24-,26+,27-,28+,29-,32+/m1/s1. The van der Waals surface area contributed by atoms with Gasteiger partial charge in [-0.05, 0) is 81.8 Å². The average molecular weight is 656 g/mol. The molecule has 0 radical (unpaired) electrons. The molecular weight excluding hydrogens is 610 g/mol. The Kier molecular flexibility index (Phi) is 10.8. The predicted molar refractivity (Wildman–Crippen MR) is 173 cm³/mol. The summed E-state index contributed by atoms with van der Waals surface area (Å²) < 4.78 is 21.8. The first-order valence-corrected chi connectivity index (χ1v) is 16.8. The lowest BCUT2D eigenvalue weighted by atomic mass is 9.97. The maximum atomic E-state index is 14.0. The molecule has 250 valence electrons. The number of benzene rings is 2. The van der Waals surface area contributed by atoms with Gasteiger partial charge in [0.2, 0.25) is 5.91 Å². The van der Waals surface area contributed by atoms with Crippen LogP contribution in [-0.4, -0.2) is 88.9 Å². The van der Waals surface area contributed by atoms with Crippen molar-refractivity contribution in [2.45, 2.75) is 89.3 Å². The maximum absolute atomic E-state index is 14.0. The van der Waals surface area contributed by atoms with Crippen molar-refractivity contribution < 1.29 is 38.4 Å². The van der Waals surface area contributed by atoms with E-state index in [4.69, 9.17) is 18.9 Å². The molecule has 12 heteroatoms. The summed E-state index contributed by atoms with van der Waals surface area (Å²) in [6.07, 6.45) is -2.44. The molecule has 3 amide bonds. The molecule has 0 spiro atoms. The van der Waals surface area contributed by atoms with Gasteiger partial charge in [0.25, 0.3) is 5.91 Å². The van der Waals surface area contributed by atoms with Crippen LogP contribution in [-0.2, 0) is 36.8 Å². The topological polar surface area (TPSA) is 136 Å². The van der Waals surface area contributed by atoms with Crippen molar-refractivity contribution in [3.05, 3.63) is 64.7 Å². The normalized spacial score (nSPS) is 24.6. The van der Waals surface area contributed by atoms with Crippen LogP contribution in [0.4, 0.5) is 4.79 Å². The van der Waals surface area contributed by atoms with E-state index in [1.54, 1.807) is 12.1 Å². The molecule has 2 aromatic rings. The number of aliphatic hydroxyl groups is 1. The van der Waals surface area contributed by atoms with Crippen molar-refractivity contribution in [1.29, 1.82) is 0 Å². The number of ether oxygens (including phenoxy) is 4. The molecular formula is C34H45N3O8S. The maximum Gasteiger partial charge on any atom is 0.407 e. The first-order valence-electron chi connectivity index (χ1n) is 15.9. The second-order valence-corrected chi connectivity index (χ2v) is 14.2. The number of hydrogen-bond donors (Lipinski definition) is 3. The van der Waals surface area contributed by atoms with E-state index in [0.29, 0.717) is 31.9 Å². The summed E-state index contributed by atoms with van der Waals surface area (Å²) in [4.78, 5) is 42.3. The minimum atomic E-state index is -1.65. The van der Waals surface area contributed by atoms with Crippen molar-refractivity contribution in [1.82, 2.24) is 15.5 Å². The lowest BCUT2D eigenvalue weighted by Gasteiger charge is -2.33. The lowest BCUT2D eigenvalue weighted by Crippen LogP contribution is -2.58. The van der Waals surface area contributed by atoms with Crippen LogP contribution in [0.15, 0.2) is 42.5 Å². The molecule has 0 saturated carbocycles. The van der Waals surface area contributed by atoms with Gasteiger partial charge in [-0.1, -0.05) is 30.3 Å². The molecule has 5 rings (SSSR count). The zero-order valence-corrected chi connectivity index (χ0v) is 27.9. The zero-order valence-electron chi connectivity index (χ0n) is 27.1. The van der Waals surface area contributed by atoms with Crippen molar-refractivity contribution >= 4 is 29.7 Å². The van der Waals surface area contributed by atoms with Gasteiger partial charge in [-0.15, -0.1) is 11.8 Å². The first kappa shape index (κ1) is 34.0. The van der Waals surface area contributed by atoms with Gasteiger partial charge in [-0.2, -0.15) is 0 Å². The summed E-state index contributed by atoms with van der Waals surface area (Å²) in [5, 5.41) is 17.3. The number of fused-ring (bicyclic) bond motifs is 1. The van der Waals surface area contributed by atoms with E-state index in [1.165, 1.54) is 16.7 Å². The Morgan fingerprint density at radius 2 is 1.83 bits per heavy atom. The van der Waals surface area contributed by atoms with E-state index in [9.17, 15) is 19.5 Å². The number of hydrogen-bond acceptors (Lipinski definition) is 9. The van der Waals surface area contributed by atoms with Gasteiger partial charge in [0, 0.05) is 11.3 Å². The van der Waals surface area contributed by atoms with Crippen LogP contribution in [0.25, 0.3) is 0 Å². The van der Waals surface area contributed by atoms with E-state index in [0.717, 1.165) is 22.3 Å². The molecule has 0 unspecified atom stereocenters. The third kappa shape index (κ3) is 7.62. The Morgan fingerprint density at radius 3 is 2.52 bits per heavy atom. The second kappa shape index (κ2) is 14.6. The van der Waals surface area contributed by atoms with Crippen molar-refractivity contribution in [2.24, 2.45) is 5.92 Å². The Balaban J connectivity index is 1.31. The number of amides is 3. The molecule has 11 nitrogen and oxygen atoms in total. The van der Waals surface area contributed by atoms with Crippen LogP contribution in [0.1, 0.15) is 49.4 Å². The number of nitrogens with zero attached hydrogens (tertiary/aromatic N) is 1. The molecule has 2 aromatic carbocycles. The SMILES string of the molecule is CCOc1ccc(C[C@H](NC(=O)O[C@@H]2CO[C@@H]3OCC[C@@H]32)[C@H](O)C(=O)N2CSC(C)(C)[C@H]2C(=O)NCc2c(C)cccc2C)cc1. The van der Waals surface area contributed by atoms with Gasteiger partial charge >= 0.3 is 6.09 Å². The largest absolute Gasteiger partial charge is 0.494 e.